The SMILES string of the molecule is CCC(N)C(c1cccc(F)c1)N(CCO)C1CCC1. The van der Waals surface area contributed by atoms with Gasteiger partial charge in [-0.2, -0.15) is 0 Å². The Morgan fingerprint density at radius 2 is 2.20 bits per heavy atom. The Morgan fingerprint density at radius 1 is 1.45 bits per heavy atom. The standard InChI is InChI=1S/C16H25FN2O/c1-2-15(18)16(12-5-3-6-13(17)11-12)19(9-10-20)14-7-4-8-14/h3,5-6,11,14-16,20H,2,4,7-10,18H2,1H3. The number of hydrogen-bond acceptors (Lipinski definition) is 3. The molecule has 0 aliphatic heterocycles. The third-order valence-electron chi connectivity index (χ3n) is 4.33. The molecule has 2 unspecified atom stereocenters. The molecule has 1 aromatic carbocycles. The lowest BCUT2D eigenvalue weighted by atomic mass is 9.87. The van der Waals surface area contributed by atoms with Crippen molar-refractivity contribution in [2.45, 2.75) is 50.7 Å². The van der Waals surface area contributed by atoms with E-state index in [0.29, 0.717) is 12.6 Å². The highest BCUT2D eigenvalue weighted by atomic mass is 19.1. The van der Waals surface area contributed by atoms with Gasteiger partial charge in [-0.3, -0.25) is 4.90 Å². The fraction of sp³-hybridized carbons (Fsp3) is 0.625. The number of halogens is 1. The predicted molar refractivity (Wildman–Crippen MR) is 78.8 cm³/mol. The maximum absolute atomic E-state index is 13.5. The van der Waals surface area contributed by atoms with Crippen molar-refractivity contribution in [3.05, 3.63) is 35.6 Å². The van der Waals surface area contributed by atoms with Crippen molar-refractivity contribution in [1.29, 1.82) is 0 Å². The van der Waals surface area contributed by atoms with Gasteiger partial charge in [0.05, 0.1) is 12.6 Å². The predicted octanol–water partition coefficient (Wildman–Crippen LogP) is 2.45. The Kier molecular flexibility index (Phi) is 5.52. The number of benzene rings is 1. The maximum Gasteiger partial charge on any atom is 0.123 e. The van der Waals surface area contributed by atoms with Crippen LogP contribution in [0, 0.1) is 5.82 Å². The molecule has 0 spiro atoms. The van der Waals surface area contributed by atoms with Crippen LogP contribution in [0.2, 0.25) is 0 Å². The maximum atomic E-state index is 13.5. The van der Waals surface area contributed by atoms with Crippen molar-refractivity contribution < 1.29 is 9.50 Å². The summed E-state index contributed by atoms with van der Waals surface area (Å²) in [5.41, 5.74) is 7.22. The van der Waals surface area contributed by atoms with Crippen molar-refractivity contribution >= 4 is 0 Å². The largest absolute Gasteiger partial charge is 0.395 e. The topological polar surface area (TPSA) is 49.5 Å². The van der Waals surface area contributed by atoms with E-state index in [2.05, 4.69) is 11.8 Å². The molecule has 1 aromatic rings. The van der Waals surface area contributed by atoms with Crippen LogP contribution in [0.3, 0.4) is 0 Å². The highest BCUT2D eigenvalue weighted by Crippen LogP contribution is 2.34. The summed E-state index contributed by atoms with van der Waals surface area (Å²) in [5.74, 6) is -0.228. The monoisotopic (exact) mass is 280 g/mol. The number of nitrogens with two attached hydrogens (primary N) is 1. The summed E-state index contributed by atoms with van der Waals surface area (Å²) < 4.78 is 13.5. The van der Waals surface area contributed by atoms with E-state index in [1.807, 2.05) is 6.07 Å². The molecule has 1 aliphatic carbocycles. The van der Waals surface area contributed by atoms with Crippen LogP contribution in [0.15, 0.2) is 24.3 Å². The summed E-state index contributed by atoms with van der Waals surface area (Å²) in [6, 6.07) is 7.09. The van der Waals surface area contributed by atoms with Crippen molar-refractivity contribution in [1.82, 2.24) is 4.90 Å². The molecule has 2 rings (SSSR count). The molecule has 0 saturated heterocycles. The molecule has 1 fully saturated rings. The zero-order chi connectivity index (χ0) is 14.5. The van der Waals surface area contributed by atoms with E-state index in [1.54, 1.807) is 12.1 Å². The molecule has 0 amide bonds. The van der Waals surface area contributed by atoms with Gasteiger partial charge in [0.25, 0.3) is 0 Å². The Morgan fingerprint density at radius 3 is 2.70 bits per heavy atom. The van der Waals surface area contributed by atoms with Gasteiger partial charge in [0, 0.05) is 18.6 Å². The molecule has 1 saturated carbocycles. The van der Waals surface area contributed by atoms with Gasteiger partial charge in [-0.1, -0.05) is 25.5 Å². The second-order valence-electron chi connectivity index (χ2n) is 5.62. The Labute approximate surface area is 120 Å². The lowest BCUT2D eigenvalue weighted by Gasteiger charge is -2.44. The molecule has 112 valence electrons. The van der Waals surface area contributed by atoms with Gasteiger partial charge in [-0.05, 0) is 37.0 Å². The Hall–Kier alpha value is -0.970. The highest BCUT2D eigenvalue weighted by molar-refractivity contribution is 5.22. The van der Waals surface area contributed by atoms with E-state index in [9.17, 15) is 9.50 Å². The molecular formula is C16H25FN2O. The summed E-state index contributed by atoms with van der Waals surface area (Å²) in [5, 5.41) is 9.35. The van der Waals surface area contributed by atoms with Crippen LogP contribution in [0.25, 0.3) is 0 Å². The van der Waals surface area contributed by atoms with E-state index in [0.717, 1.165) is 24.8 Å². The average molecular weight is 280 g/mol. The van der Waals surface area contributed by atoms with Crippen LogP contribution in [-0.4, -0.2) is 35.2 Å². The van der Waals surface area contributed by atoms with E-state index in [1.165, 1.54) is 12.5 Å². The number of rotatable bonds is 7. The van der Waals surface area contributed by atoms with E-state index in [4.69, 9.17) is 5.73 Å². The molecule has 3 N–H and O–H groups in total. The van der Waals surface area contributed by atoms with Crippen molar-refractivity contribution in [2.24, 2.45) is 5.73 Å². The second kappa shape index (κ2) is 7.16. The fourth-order valence-corrected chi connectivity index (χ4v) is 2.98. The number of aliphatic hydroxyl groups is 1. The summed E-state index contributed by atoms with van der Waals surface area (Å²) >= 11 is 0. The van der Waals surface area contributed by atoms with Crippen molar-refractivity contribution in [3.63, 3.8) is 0 Å². The summed E-state index contributed by atoms with van der Waals surface area (Å²) in [4.78, 5) is 2.27. The van der Waals surface area contributed by atoms with Crippen LogP contribution in [0.5, 0.6) is 0 Å². The van der Waals surface area contributed by atoms with Crippen molar-refractivity contribution in [2.75, 3.05) is 13.2 Å². The molecule has 1 aliphatic rings. The zero-order valence-corrected chi connectivity index (χ0v) is 12.1. The minimum Gasteiger partial charge on any atom is -0.395 e. The van der Waals surface area contributed by atoms with E-state index in [-0.39, 0.29) is 24.5 Å². The van der Waals surface area contributed by atoms with Crippen LogP contribution in [0.4, 0.5) is 4.39 Å². The zero-order valence-electron chi connectivity index (χ0n) is 12.1. The third kappa shape index (κ3) is 3.37. The minimum atomic E-state index is -0.228. The normalized spacial score (nSPS) is 18.9. The lowest BCUT2D eigenvalue weighted by molar-refractivity contribution is 0.0472. The lowest BCUT2D eigenvalue weighted by Crippen LogP contribution is -2.49. The summed E-state index contributed by atoms with van der Waals surface area (Å²) in [6.45, 7) is 2.76. The van der Waals surface area contributed by atoms with Crippen LogP contribution in [-0.2, 0) is 0 Å². The molecule has 0 heterocycles. The number of nitrogens with zero attached hydrogens (tertiary/aromatic N) is 1. The first-order chi connectivity index (χ1) is 9.67. The quantitative estimate of drug-likeness (QED) is 0.806. The first kappa shape index (κ1) is 15.4. The van der Waals surface area contributed by atoms with Crippen LogP contribution >= 0.6 is 0 Å². The summed E-state index contributed by atoms with van der Waals surface area (Å²) in [7, 11) is 0. The number of aliphatic hydroxyl groups excluding tert-OH is 1. The molecule has 0 aromatic heterocycles. The van der Waals surface area contributed by atoms with Gasteiger partial charge in [0.1, 0.15) is 5.82 Å². The molecule has 4 heteroatoms. The molecule has 20 heavy (non-hydrogen) atoms. The Bertz CT molecular complexity index is 423. The van der Waals surface area contributed by atoms with Crippen molar-refractivity contribution in [3.8, 4) is 0 Å². The third-order valence-corrected chi connectivity index (χ3v) is 4.33. The van der Waals surface area contributed by atoms with E-state index >= 15 is 0 Å². The van der Waals surface area contributed by atoms with Gasteiger partial charge in [-0.15, -0.1) is 0 Å². The van der Waals surface area contributed by atoms with Gasteiger partial charge in [0.15, 0.2) is 0 Å². The van der Waals surface area contributed by atoms with Gasteiger partial charge >= 0.3 is 0 Å². The molecule has 3 nitrogen and oxygen atoms in total. The first-order valence-corrected chi connectivity index (χ1v) is 7.55. The van der Waals surface area contributed by atoms with E-state index < -0.39 is 0 Å². The molecule has 2 atom stereocenters. The van der Waals surface area contributed by atoms with Gasteiger partial charge in [-0.25, -0.2) is 4.39 Å². The fourth-order valence-electron chi connectivity index (χ4n) is 2.98. The Balaban J connectivity index is 2.29. The molecule has 0 bridgehead atoms. The smallest absolute Gasteiger partial charge is 0.123 e. The number of hydrogen-bond donors (Lipinski definition) is 2. The average Bonchev–Trinajstić information content (AvgIpc) is 2.37. The van der Waals surface area contributed by atoms with Crippen LogP contribution < -0.4 is 5.73 Å². The van der Waals surface area contributed by atoms with Crippen LogP contribution in [0.1, 0.15) is 44.2 Å². The second-order valence-corrected chi connectivity index (χ2v) is 5.62. The highest BCUT2D eigenvalue weighted by Gasteiger charge is 2.33. The molecular weight excluding hydrogens is 255 g/mol. The van der Waals surface area contributed by atoms with Gasteiger partial charge in [0.2, 0.25) is 0 Å². The first-order valence-electron chi connectivity index (χ1n) is 7.55. The molecule has 0 radical (unpaired) electrons. The summed E-state index contributed by atoms with van der Waals surface area (Å²) in [6.07, 6.45) is 4.34. The minimum absolute atomic E-state index is 0.0202. The van der Waals surface area contributed by atoms with Gasteiger partial charge < -0.3 is 10.8 Å².